The topological polar surface area (TPSA) is 52.5 Å². The number of thiophene rings is 1. The second-order valence-electron chi connectivity index (χ2n) is 6.79. The largest absolute Gasteiger partial charge is 0.492 e. The lowest BCUT2D eigenvalue weighted by atomic mass is 10.2. The summed E-state index contributed by atoms with van der Waals surface area (Å²) in [5.74, 6) is 0.790. The maximum Gasteiger partial charge on any atom is 0.268 e. The fourth-order valence-corrected chi connectivity index (χ4v) is 4.43. The average molecular weight is 385 g/mol. The Morgan fingerprint density at radius 2 is 2.19 bits per heavy atom. The van der Waals surface area contributed by atoms with E-state index in [4.69, 9.17) is 9.47 Å². The summed E-state index contributed by atoms with van der Waals surface area (Å²) in [6.45, 7) is 4.58. The van der Waals surface area contributed by atoms with Gasteiger partial charge in [-0.1, -0.05) is 18.2 Å². The Kier molecular flexibility index (Phi) is 5.45. The van der Waals surface area contributed by atoms with Gasteiger partial charge in [-0.2, -0.15) is 0 Å². The van der Waals surface area contributed by atoms with Crippen molar-refractivity contribution in [2.75, 3.05) is 19.8 Å². The smallest absolute Gasteiger partial charge is 0.268 e. The van der Waals surface area contributed by atoms with Crippen LogP contribution in [-0.4, -0.2) is 36.3 Å². The molecule has 4 rings (SSSR count). The van der Waals surface area contributed by atoms with Crippen LogP contribution in [0.2, 0.25) is 0 Å². The zero-order valence-electron chi connectivity index (χ0n) is 15.4. The van der Waals surface area contributed by atoms with Gasteiger partial charge in [0.25, 0.3) is 5.91 Å². The third-order valence-corrected chi connectivity index (χ3v) is 5.77. The molecule has 0 bridgehead atoms. The molecule has 0 aliphatic carbocycles. The summed E-state index contributed by atoms with van der Waals surface area (Å²) in [5, 5.41) is 3.03. The minimum atomic E-state index is -0.0498. The second-order valence-corrected chi connectivity index (χ2v) is 8.08. The van der Waals surface area contributed by atoms with Crippen LogP contribution in [0.1, 0.15) is 28.2 Å². The summed E-state index contributed by atoms with van der Waals surface area (Å²) in [4.78, 5) is 14.0. The normalized spacial score (nSPS) is 16.7. The van der Waals surface area contributed by atoms with Crippen LogP contribution in [0, 0.1) is 6.92 Å². The molecule has 27 heavy (non-hydrogen) atoms. The number of hydrogen-bond donors (Lipinski definition) is 1. The Morgan fingerprint density at radius 1 is 1.33 bits per heavy atom. The molecular weight excluding hydrogens is 360 g/mol. The van der Waals surface area contributed by atoms with E-state index in [0.29, 0.717) is 25.4 Å². The first-order chi connectivity index (χ1) is 13.2. The number of aryl methyl sites for hydroxylation is 1. The Bertz CT molecular complexity index is 910. The van der Waals surface area contributed by atoms with Crippen molar-refractivity contribution in [2.45, 2.75) is 32.4 Å². The molecule has 3 aromatic rings. The van der Waals surface area contributed by atoms with Crippen molar-refractivity contribution in [2.24, 2.45) is 0 Å². The molecule has 0 radical (unpaired) electrons. The summed E-state index contributed by atoms with van der Waals surface area (Å²) < 4.78 is 14.6. The number of hydrogen-bond acceptors (Lipinski definition) is 4. The molecule has 1 N–H and O–H groups in total. The highest BCUT2D eigenvalue weighted by molar-refractivity contribution is 7.19. The van der Waals surface area contributed by atoms with Crippen molar-refractivity contribution in [3.05, 3.63) is 53.0 Å². The van der Waals surface area contributed by atoms with E-state index in [9.17, 15) is 4.79 Å². The van der Waals surface area contributed by atoms with Crippen molar-refractivity contribution in [1.82, 2.24) is 9.88 Å². The number of benzene rings is 1. The van der Waals surface area contributed by atoms with Crippen molar-refractivity contribution in [1.29, 1.82) is 0 Å². The monoisotopic (exact) mass is 384 g/mol. The molecule has 6 heteroatoms. The summed E-state index contributed by atoms with van der Waals surface area (Å²) in [6.07, 6.45) is 2.23. The van der Waals surface area contributed by atoms with Crippen LogP contribution >= 0.6 is 11.3 Å². The molecular formula is C21H24N2O3S. The first-order valence-electron chi connectivity index (χ1n) is 9.38. The third-order valence-electron chi connectivity index (χ3n) is 4.79. The molecule has 5 nitrogen and oxygen atoms in total. The lowest BCUT2D eigenvalue weighted by Crippen LogP contribution is -2.33. The van der Waals surface area contributed by atoms with Crippen LogP contribution in [0.25, 0.3) is 10.2 Å². The Morgan fingerprint density at radius 3 is 2.96 bits per heavy atom. The molecule has 1 saturated heterocycles. The number of nitrogens with one attached hydrogen (secondary N) is 1. The van der Waals surface area contributed by atoms with Crippen LogP contribution in [0.3, 0.4) is 0 Å². The standard InChI is InChI=1S/C21H24N2O3S/c1-15-12-18-20(27-15)13-19(21(24)22-14-17-8-5-10-25-17)23(18)9-11-26-16-6-3-2-4-7-16/h2-4,6-7,12-13,17H,5,8-11,14H2,1H3,(H,22,24)/t17-/m0/s1. The molecule has 1 aromatic carbocycles. The fraction of sp³-hybridized carbons (Fsp3) is 0.381. The van der Waals surface area contributed by atoms with E-state index in [1.54, 1.807) is 11.3 Å². The summed E-state index contributed by atoms with van der Waals surface area (Å²) in [7, 11) is 0. The van der Waals surface area contributed by atoms with Gasteiger partial charge in [0.2, 0.25) is 0 Å². The number of ether oxygens (including phenoxy) is 2. The van der Waals surface area contributed by atoms with E-state index in [1.165, 1.54) is 4.88 Å². The van der Waals surface area contributed by atoms with E-state index in [1.807, 2.05) is 36.4 Å². The van der Waals surface area contributed by atoms with E-state index < -0.39 is 0 Å². The molecule has 1 aliphatic heterocycles. The lowest BCUT2D eigenvalue weighted by molar-refractivity contribution is 0.0850. The van der Waals surface area contributed by atoms with E-state index in [2.05, 4.69) is 22.9 Å². The predicted molar refractivity (Wildman–Crippen MR) is 108 cm³/mol. The zero-order chi connectivity index (χ0) is 18.6. The van der Waals surface area contributed by atoms with Crippen molar-refractivity contribution in [3.63, 3.8) is 0 Å². The summed E-state index contributed by atoms with van der Waals surface area (Å²) >= 11 is 1.71. The van der Waals surface area contributed by atoms with E-state index in [0.717, 1.165) is 35.4 Å². The Balaban J connectivity index is 1.48. The minimum absolute atomic E-state index is 0.0498. The van der Waals surface area contributed by atoms with Gasteiger partial charge in [0.1, 0.15) is 18.1 Å². The van der Waals surface area contributed by atoms with Crippen LogP contribution in [0.15, 0.2) is 42.5 Å². The van der Waals surface area contributed by atoms with Crippen molar-refractivity contribution >= 4 is 27.5 Å². The number of nitrogens with zero attached hydrogens (tertiary/aromatic N) is 1. The van der Waals surface area contributed by atoms with Crippen LogP contribution in [0.4, 0.5) is 0 Å². The molecule has 0 saturated carbocycles. The summed E-state index contributed by atoms with van der Waals surface area (Å²) in [5.41, 5.74) is 1.78. The Hall–Kier alpha value is -2.31. The van der Waals surface area contributed by atoms with E-state index >= 15 is 0 Å². The van der Waals surface area contributed by atoms with Crippen molar-refractivity contribution < 1.29 is 14.3 Å². The van der Waals surface area contributed by atoms with Crippen LogP contribution in [-0.2, 0) is 11.3 Å². The molecule has 1 amide bonds. The van der Waals surface area contributed by atoms with Gasteiger partial charge in [0, 0.05) is 18.0 Å². The molecule has 0 spiro atoms. The highest BCUT2D eigenvalue weighted by Gasteiger charge is 2.20. The number of para-hydroxylation sites is 1. The molecule has 0 unspecified atom stereocenters. The molecule has 1 aliphatic rings. The van der Waals surface area contributed by atoms with Gasteiger partial charge >= 0.3 is 0 Å². The molecule has 3 heterocycles. The second kappa shape index (κ2) is 8.15. The lowest BCUT2D eigenvalue weighted by Gasteiger charge is -2.14. The first kappa shape index (κ1) is 18.1. The Labute approximate surface area is 162 Å². The van der Waals surface area contributed by atoms with Gasteiger partial charge in [-0.3, -0.25) is 4.79 Å². The number of carbonyl (C=O) groups is 1. The van der Waals surface area contributed by atoms with Gasteiger partial charge in [-0.05, 0) is 44.0 Å². The molecule has 142 valence electrons. The molecule has 1 atom stereocenters. The number of rotatable bonds is 7. The third kappa shape index (κ3) is 4.17. The zero-order valence-corrected chi connectivity index (χ0v) is 16.3. The SMILES string of the molecule is Cc1cc2c(cc(C(=O)NC[C@@H]3CCCO3)n2CCOc2ccccc2)s1. The van der Waals surface area contributed by atoms with E-state index in [-0.39, 0.29) is 12.0 Å². The van der Waals surface area contributed by atoms with Crippen LogP contribution < -0.4 is 10.1 Å². The average Bonchev–Trinajstić information content (AvgIpc) is 3.38. The number of aromatic nitrogens is 1. The van der Waals surface area contributed by atoms with Crippen LogP contribution in [0.5, 0.6) is 5.75 Å². The minimum Gasteiger partial charge on any atom is -0.492 e. The number of carbonyl (C=O) groups excluding carboxylic acids is 1. The maximum atomic E-state index is 12.8. The number of amides is 1. The first-order valence-corrected chi connectivity index (χ1v) is 10.2. The van der Waals surface area contributed by atoms with Gasteiger partial charge in [-0.15, -0.1) is 11.3 Å². The van der Waals surface area contributed by atoms with Gasteiger partial charge in [0.15, 0.2) is 0 Å². The molecule has 1 fully saturated rings. The highest BCUT2D eigenvalue weighted by Crippen LogP contribution is 2.29. The van der Waals surface area contributed by atoms with Gasteiger partial charge in [-0.25, -0.2) is 0 Å². The quantitative estimate of drug-likeness (QED) is 0.670. The van der Waals surface area contributed by atoms with Crippen molar-refractivity contribution in [3.8, 4) is 5.75 Å². The maximum absolute atomic E-state index is 12.8. The van der Waals surface area contributed by atoms with Gasteiger partial charge < -0.3 is 19.4 Å². The molecule has 2 aromatic heterocycles. The fourth-order valence-electron chi connectivity index (χ4n) is 3.47. The highest BCUT2D eigenvalue weighted by atomic mass is 32.1. The van der Waals surface area contributed by atoms with Gasteiger partial charge in [0.05, 0.1) is 22.9 Å². The summed E-state index contributed by atoms with van der Waals surface area (Å²) in [6, 6.07) is 13.9. The number of fused-ring (bicyclic) bond motifs is 1. The predicted octanol–water partition coefficient (Wildman–Crippen LogP) is 4.00.